The molecule has 4 atom stereocenters. The molecule has 2 unspecified atom stereocenters. The van der Waals surface area contributed by atoms with E-state index in [0.29, 0.717) is 11.8 Å². The zero-order valence-corrected chi connectivity index (χ0v) is 14.2. The van der Waals surface area contributed by atoms with Gasteiger partial charge in [-0.05, 0) is 54.4 Å². The van der Waals surface area contributed by atoms with Crippen LogP contribution in [0, 0.1) is 17.8 Å². The SMILES string of the molecule is COC1=CC2C(C=C1)C[C@]1(C3CC3)CC(c3ccccc3)=C[C@H]2O1. The van der Waals surface area contributed by atoms with Crippen molar-refractivity contribution in [3.63, 3.8) is 0 Å². The number of hydrogen-bond acceptors (Lipinski definition) is 2. The molecule has 2 aliphatic carbocycles. The zero-order chi connectivity index (χ0) is 16.1. The average molecular weight is 320 g/mol. The van der Waals surface area contributed by atoms with Crippen LogP contribution in [0.4, 0.5) is 0 Å². The number of benzene rings is 1. The summed E-state index contributed by atoms with van der Waals surface area (Å²) in [7, 11) is 1.75. The van der Waals surface area contributed by atoms with E-state index in [1.165, 1.54) is 24.0 Å². The highest BCUT2D eigenvalue weighted by molar-refractivity contribution is 5.68. The smallest absolute Gasteiger partial charge is 0.114 e. The Morgan fingerprint density at radius 1 is 1.12 bits per heavy atom. The summed E-state index contributed by atoms with van der Waals surface area (Å²) in [5.74, 6) is 2.70. The van der Waals surface area contributed by atoms with Gasteiger partial charge in [0.2, 0.25) is 0 Å². The van der Waals surface area contributed by atoms with Gasteiger partial charge < -0.3 is 9.47 Å². The minimum absolute atomic E-state index is 0.0501. The lowest BCUT2D eigenvalue weighted by molar-refractivity contribution is -0.155. The summed E-state index contributed by atoms with van der Waals surface area (Å²) in [4.78, 5) is 0. The van der Waals surface area contributed by atoms with Crippen LogP contribution in [0.2, 0.25) is 0 Å². The first-order valence-electron chi connectivity index (χ1n) is 9.15. The van der Waals surface area contributed by atoms with Gasteiger partial charge in [0.25, 0.3) is 0 Å². The van der Waals surface area contributed by atoms with E-state index >= 15 is 0 Å². The Hall–Kier alpha value is -1.80. The zero-order valence-electron chi connectivity index (χ0n) is 14.2. The molecule has 0 amide bonds. The standard InChI is InChI=1S/C22H24O2/c1-23-19-10-7-16-13-22(18-8-9-18)14-17(15-5-3-2-4-6-15)11-21(24-22)20(16)12-19/h2-7,10-12,16,18,20-21H,8-9,13-14H2,1H3/t16?,20?,21-,22-/m1/s1. The van der Waals surface area contributed by atoms with Gasteiger partial charge in [0.05, 0.1) is 18.8 Å². The summed E-state index contributed by atoms with van der Waals surface area (Å²) in [6.45, 7) is 0. The van der Waals surface area contributed by atoms with E-state index in [4.69, 9.17) is 9.47 Å². The minimum Gasteiger partial charge on any atom is -0.497 e. The van der Waals surface area contributed by atoms with Gasteiger partial charge in [0, 0.05) is 12.3 Å². The highest BCUT2D eigenvalue weighted by Crippen LogP contribution is 2.57. The van der Waals surface area contributed by atoms with Gasteiger partial charge in [0.1, 0.15) is 5.76 Å². The van der Waals surface area contributed by atoms with E-state index in [1.807, 2.05) is 0 Å². The first kappa shape index (κ1) is 14.5. The molecule has 24 heavy (non-hydrogen) atoms. The van der Waals surface area contributed by atoms with E-state index in [0.717, 1.165) is 24.5 Å². The van der Waals surface area contributed by atoms with Crippen LogP contribution in [0.15, 0.2) is 60.4 Å². The molecular weight excluding hydrogens is 296 g/mol. The maximum absolute atomic E-state index is 6.74. The molecule has 2 heteroatoms. The van der Waals surface area contributed by atoms with Crippen LogP contribution in [0.25, 0.3) is 5.57 Å². The number of fused-ring (bicyclic) bond motifs is 4. The van der Waals surface area contributed by atoms with Crippen molar-refractivity contribution < 1.29 is 9.47 Å². The molecule has 2 heterocycles. The van der Waals surface area contributed by atoms with Crippen LogP contribution in [0.3, 0.4) is 0 Å². The Morgan fingerprint density at radius 2 is 1.96 bits per heavy atom. The molecular formula is C22H24O2. The number of methoxy groups -OCH3 is 1. The van der Waals surface area contributed by atoms with Crippen LogP contribution >= 0.6 is 0 Å². The number of rotatable bonds is 3. The molecule has 0 radical (unpaired) electrons. The lowest BCUT2D eigenvalue weighted by Gasteiger charge is -2.51. The van der Waals surface area contributed by atoms with Gasteiger partial charge >= 0.3 is 0 Å². The summed E-state index contributed by atoms with van der Waals surface area (Å²) in [6, 6.07) is 10.8. The van der Waals surface area contributed by atoms with Gasteiger partial charge in [-0.1, -0.05) is 42.5 Å². The minimum atomic E-state index is 0.0501. The Kier molecular flexibility index (Phi) is 3.24. The van der Waals surface area contributed by atoms with Crippen molar-refractivity contribution in [1.82, 2.24) is 0 Å². The van der Waals surface area contributed by atoms with Crippen molar-refractivity contribution in [3.05, 3.63) is 66.0 Å². The predicted octanol–water partition coefficient (Wildman–Crippen LogP) is 4.74. The van der Waals surface area contributed by atoms with Crippen molar-refractivity contribution >= 4 is 5.57 Å². The molecule has 2 nitrogen and oxygen atoms in total. The quantitative estimate of drug-likeness (QED) is 0.800. The Bertz CT molecular complexity index is 726. The molecule has 1 aromatic rings. The molecule has 124 valence electrons. The lowest BCUT2D eigenvalue weighted by Crippen LogP contribution is -2.52. The van der Waals surface area contributed by atoms with E-state index in [2.05, 4.69) is 54.6 Å². The molecule has 1 saturated heterocycles. The molecule has 0 aromatic heterocycles. The predicted molar refractivity (Wildman–Crippen MR) is 95.2 cm³/mol. The molecule has 0 N–H and O–H groups in total. The molecule has 1 saturated carbocycles. The maximum Gasteiger partial charge on any atom is 0.114 e. The first-order valence-corrected chi connectivity index (χ1v) is 9.15. The molecule has 2 fully saturated rings. The Balaban J connectivity index is 1.56. The van der Waals surface area contributed by atoms with Crippen molar-refractivity contribution in [2.75, 3.05) is 7.11 Å². The van der Waals surface area contributed by atoms with Crippen LogP contribution in [-0.4, -0.2) is 18.8 Å². The molecule has 2 bridgehead atoms. The normalized spacial score (nSPS) is 37.3. The van der Waals surface area contributed by atoms with E-state index in [9.17, 15) is 0 Å². The van der Waals surface area contributed by atoms with Gasteiger partial charge in [-0.15, -0.1) is 0 Å². The van der Waals surface area contributed by atoms with Crippen molar-refractivity contribution in [2.45, 2.75) is 37.4 Å². The molecule has 1 aromatic carbocycles. The topological polar surface area (TPSA) is 18.5 Å². The summed E-state index contributed by atoms with van der Waals surface area (Å²) < 4.78 is 12.2. The fourth-order valence-electron chi connectivity index (χ4n) is 4.90. The molecule has 2 aliphatic heterocycles. The fourth-order valence-corrected chi connectivity index (χ4v) is 4.90. The largest absolute Gasteiger partial charge is 0.497 e. The lowest BCUT2D eigenvalue weighted by atomic mass is 9.67. The Labute approximate surface area is 143 Å². The maximum atomic E-state index is 6.74. The van der Waals surface area contributed by atoms with Gasteiger partial charge in [-0.25, -0.2) is 0 Å². The van der Waals surface area contributed by atoms with Crippen molar-refractivity contribution in [2.24, 2.45) is 17.8 Å². The van der Waals surface area contributed by atoms with Crippen LogP contribution in [0.1, 0.15) is 31.2 Å². The van der Waals surface area contributed by atoms with Gasteiger partial charge in [-0.2, -0.15) is 0 Å². The second-order valence-corrected chi connectivity index (χ2v) is 7.73. The van der Waals surface area contributed by atoms with E-state index in [-0.39, 0.29) is 11.7 Å². The van der Waals surface area contributed by atoms with Crippen molar-refractivity contribution in [1.29, 1.82) is 0 Å². The highest BCUT2D eigenvalue weighted by Gasteiger charge is 2.55. The van der Waals surface area contributed by atoms with E-state index in [1.54, 1.807) is 7.11 Å². The second kappa shape index (κ2) is 5.35. The average Bonchev–Trinajstić information content (AvgIpc) is 3.48. The summed E-state index contributed by atoms with van der Waals surface area (Å²) in [6.07, 6.45) is 14.2. The molecule has 4 aliphatic rings. The number of hydrogen-bond donors (Lipinski definition) is 0. The third-order valence-electron chi connectivity index (χ3n) is 6.25. The monoisotopic (exact) mass is 320 g/mol. The molecule has 5 rings (SSSR count). The van der Waals surface area contributed by atoms with Crippen LogP contribution < -0.4 is 0 Å². The van der Waals surface area contributed by atoms with Gasteiger partial charge in [0.15, 0.2) is 0 Å². The van der Waals surface area contributed by atoms with E-state index < -0.39 is 0 Å². The number of allylic oxidation sites excluding steroid dienone is 2. The fraction of sp³-hybridized carbons (Fsp3) is 0.455. The van der Waals surface area contributed by atoms with Crippen LogP contribution in [-0.2, 0) is 9.47 Å². The number of ether oxygens (including phenoxy) is 2. The third-order valence-corrected chi connectivity index (χ3v) is 6.25. The summed E-state index contributed by atoms with van der Waals surface area (Å²) >= 11 is 0. The van der Waals surface area contributed by atoms with Crippen molar-refractivity contribution in [3.8, 4) is 0 Å². The van der Waals surface area contributed by atoms with Crippen LogP contribution in [0.5, 0.6) is 0 Å². The second-order valence-electron chi connectivity index (χ2n) is 7.73. The summed E-state index contributed by atoms with van der Waals surface area (Å²) in [5.41, 5.74) is 2.88. The third kappa shape index (κ3) is 2.28. The summed E-state index contributed by atoms with van der Waals surface area (Å²) in [5, 5.41) is 0. The highest BCUT2D eigenvalue weighted by atomic mass is 16.5. The first-order chi connectivity index (χ1) is 11.8. The molecule has 0 spiro atoms. The Morgan fingerprint density at radius 3 is 2.71 bits per heavy atom. The van der Waals surface area contributed by atoms with Gasteiger partial charge in [-0.3, -0.25) is 0 Å².